The number of sulfonamides is 1. The van der Waals surface area contributed by atoms with Gasteiger partial charge in [-0.2, -0.15) is 0 Å². The maximum atomic E-state index is 12.6. The Balaban J connectivity index is 2.48. The van der Waals surface area contributed by atoms with Gasteiger partial charge in [0.15, 0.2) is 0 Å². The van der Waals surface area contributed by atoms with Crippen molar-refractivity contribution in [1.82, 2.24) is 4.98 Å². The second-order valence-corrected chi connectivity index (χ2v) is 7.15. The predicted octanol–water partition coefficient (Wildman–Crippen LogP) is 3.30. The van der Waals surface area contributed by atoms with Crippen molar-refractivity contribution >= 4 is 37.5 Å². The number of hydrogen-bond donors (Lipinski definition) is 2. The summed E-state index contributed by atoms with van der Waals surface area (Å²) in [5, 5.41) is 2.78. The van der Waals surface area contributed by atoms with Crippen LogP contribution in [0.2, 0.25) is 0 Å². The highest BCUT2D eigenvalue weighted by atomic mass is 79.9. The van der Waals surface area contributed by atoms with Crippen LogP contribution in [-0.2, 0) is 10.0 Å². The first-order valence-corrected chi connectivity index (χ1v) is 8.55. The van der Waals surface area contributed by atoms with Crippen molar-refractivity contribution in [3.8, 4) is 0 Å². The molecule has 21 heavy (non-hydrogen) atoms. The van der Waals surface area contributed by atoms with Gasteiger partial charge in [-0.1, -0.05) is 6.07 Å². The van der Waals surface area contributed by atoms with Crippen LogP contribution in [0.1, 0.15) is 11.1 Å². The smallest absolute Gasteiger partial charge is 0.265 e. The number of aryl methyl sites for hydroxylation is 2. The van der Waals surface area contributed by atoms with Crippen molar-refractivity contribution in [3.05, 3.63) is 46.1 Å². The van der Waals surface area contributed by atoms with E-state index in [0.29, 0.717) is 16.0 Å². The highest BCUT2D eigenvalue weighted by Crippen LogP contribution is 2.30. The van der Waals surface area contributed by atoms with Crippen molar-refractivity contribution in [1.29, 1.82) is 0 Å². The molecule has 0 saturated carbocycles. The van der Waals surface area contributed by atoms with Crippen LogP contribution in [0.25, 0.3) is 0 Å². The minimum atomic E-state index is -3.72. The van der Waals surface area contributed by atoms with Crippen LogP contribution in [0.3, 0.4) is 0 Å². The van der Waals surface area contributed by atoms with Crippen LogP contribution in [0.15, 0.2) is 39.8 Å². The quantitative estimate of drug-likeness (QED) is 0.866. The van der Waals surface area contributed by atoms with E-state index in [2.05, 4.69) is 31.0 Å². The molecule has 7 heteroatoms. The van der Waals surface area contributed by atoms with E-state index >= 15 is 0 Å². The Morgan fingerprint density at radius 3 is 2.57 bits per heavy atom. The third-order valence-corrected chi connectivity index (χ3v) is 4.97. The lowest BCUT2D eigenvalue weighted by Crippen LogP contribution is -2.16. The van der Waals surface area contributed by atoms with E-state index in [1.807, 2.05) is 26.0 Å². The minimum absolute atomic E-state index is 0.111. The van der Waals surface area contributed by atoms with Crippen molar-refractivity contribution < 1.29 is 8.42 Å². The molecule has 1 aromatic heterocycles. The van der Waals surface area contributed by atoms with E-state index < -0.39 is 10.0 Å². The first-order chi connectivity index (χ1) is 9.85. The molecule has 0 radical (unpaired) electrons. The third kappa shape index (κ3) is 3.36. The summed E-state index contributed by atoms with van der Waals surface area (Å²) in [4.78, 5) is 4.13. The molecule has 0 aliphatic rings. The van der Waals surface area contributed by atoms with Crippen molar-refractivity contribution in [2.45, 2.75) is 18.7 Å². The van der Waals surface area contributed by atoms with Gasteiger partial charge >= 0.3 is 0 Å². The molecule has 2 aromatic rings. The fourth-order valence-corrected chi connectivity index (χ4v) is 4.25. The van der Waals surface area contributed by atoms with E-state index in [1.165, 1.54) is 12.3 Å². The molecule has 0 bridgehead atoms. The number of benzene rings is 1. The normalized spacial score (nSPS) is 11.2. The van der Waals surface area contributed by atoms with Crippen molar-refractivity contribution in [2.75, 3.05) is 17.1 Å². The molecule has 0 unspecified atom stereocenters. The fourth-order valence-electron chi connectivity index (χ4n) is 2.03. The van der Waals surface area contributed by atoms with E-state index in [-0.39, 0.29) is 4.90 Å². The number of pyridine rings is 1. The Bertz CT molecular complexity index is 753. The second-order valence-electron chi connectivity index (χ2n) is 4.64. The summed E-state index contributed by atoms with van der Waals surface area (Å²) >= 11 is 3.40. The highest BCUT2D eigenvalue weighted by Gasteiger charge is 2.21. The Hall–Kier alpha value is -1.60. The maximum absolute atomic E-state index is 12.6. The summed E-state index contributed by atoms with van der Waals surface area (Å²) in [6.45, 7) is 3.81. The average Bonchev–Trinajstić information content (AvgIpc) is 2.43. The number of anilines is 2. The average molecular weight is 370 g/mol. The van der Waals surface area contributed by atoms with Crippen molar-refractivity contribution in [3.63, 3.8) is 0 Å². The van der Waals surface area contributed by atoms with E-state index in [1.54, 1.807) is 13.1 Å². The van der Waals surface area contributed by atoms with Crippen LogP contribution >= 0.6 is 15.9 Å². The van der Waals surface area contributed by atoms with Crippen LogP contribution in [0.5, 0.6) is 0 Å². The number of aromatic nitrogens is 1. The first-order valence-electron chi connectivity index (χ1n) is 6.27. The molecule has 0 aliphatic heterocycles. The molecule has 2 N–H and O–H groups in total. The van der Waals surface area contributed by atoms with Gasteiger partial charge in [-0.05, 0) is 59.1 Å². The molecule has 5 nitrogen and oxygen atoms in total. The predicted molar refractivity (Wildman–Crippen MR) is 88.2 cm³/mol. The Morgan fingerprint density at radius 1 is 1.24 bits per heavy atom. The Labute approximate surface area is 133 Å². The van der Waals surface area contributed by atoms with Crippen molar-refractivity contribution in [2.24, 2.45) is 0 Å². The van der Waals surface area contributed by atoms with E-state index in [9.17, 15) is 8.42 Å². The van der Waals surface area contributed by atoms with Crippen LogP contribution in [0, 0.1) is 13.8 Å². The van der Waals surface area contributed by atoms with Gasteiger partial charge in [-0.15, -0.1) is 0 Å². The maximum Gasteiger partial charge on any atom is 0.265 e. The van der Waals surface area contributed by atoms with Gasteiger partial charge in [0, 0.05) is 17.7 Å². The van der Waals surface area contributed by atoms with Gasteiger partial charge < -0.3 is 5.32 Å². The first kappa shape index (κ1) is 15.8. The molecule has 0 aliphatic carbocycles. The monoisotopic (exact) mass is 369 g/mol. The lowest BCUT2D eigenvalue weighted by molar-refractivity contribution is 0.601. The van der Waals surface area contributed by atoms with Gasteiger partial charge in [0.05, 0.1) is 5.69 Å². The highest BCUT2D eigenvalue weighted by molar-refractivity contribution is 9.10. The Morgan fingerprint density at radius 2 is 1.95 bits per heavy atom. The fraction of sp³-hybridized carbons (Fsp3) is 0.214. The molecule has 0 atom stereocenters. The van der Waals surface area contributed by atoms with Crippen LogP contribution < -0.4 is 10.0 Å². The SMILES string of the molecule is CNc1ncccc1S(=O)(=O)Nc1c(C)cc(C)cc1Br. The van der Waals surface area contributed by atoms with E-state index in [4.69, 9.17) is 0 Å². The lowest BCUT2D eigenvalue weighted by Gasteiger charge is -2.14. The molecule has 0 fully saturated rings. The molecule has 1 heterocycles. The summed E-state index contributed by atoms with van der Waals surface area (Å²) < 4.78 is 28.4. The van der Waals surface area contributed by atoms with Gasteiger partial charge in [-0.25, -0.2) is 13.4 Å². The molecule has 0 saturated heterocycles. The number of nitrogens with one attached hydrogen (secondary N) is 2. The molecule has 0 amide bonds. The zero-order valence-electron chi connectivity index (χ0n) is 11.9. The molecule has 112 valence electrons. The van der Waals surface area contributed by atoms with Gasteiger partial charge in [0.2, 0.25) is 0 Å². The standard InChI is InChI=1S/C14H16BrN3O2S/c1-9-7-10(2)13(11(15)8-9)18-21(19,20)12-5-4-6-17-14(12)16-3/h4-8,18H,1-3H3,(H,16,17). The largest absolute Gasteiger partial charge is 0.372 e. The van der Waals surface area contributed by atoms with Gasteiger partial charge in [0.1, 0.15) is 10.7 Å². The van der Waals surface area contributed by atoms with Gasteiger partial charge in [-0.3, -0.25) is 4.72 Å². The lowest BCUT2D eigenvalue weighted by atomic mass is 10.1. The topological polar surface area (TPSA) is 71.1 Å². The zero-order chi connectivity index (χ0) is 15.6. The molecule has 2 rings (SSSR count). The molecule has 0 spiro atoms. The summed E-state index contributed by atoms with van der Waals surface area (Å²) in [7, 11) is -2.09. The Kier molecular flexibility index (Phi) is 4.53. The second kappa shape index (κ2) is 6.03. The minimum Gasteiger partial charge on any atom is -0.372 e. The van der Waals surface area contributed by atoms with Crippen LogP contribution in [0.4, 0.5) is 11.5 Å². The summed E-state index contributed by atoms with van der Waals surface area (Å²) in [6.07, 6.45) is 1.54. The number of halogens is 1. The zero-order valence-corrected chi connectivity index (χ0v) is 14.3. The molecular weight excluding hydrogens is 354 g/mol. The van der Waals surface area contributed by atoms with Crippen LogP contribution in [-0.4, -0.2) is 20.4 Å². The number of rotatable bonds is 4. The summed E-state index contributed by atoms with van der Waals surface area (Å²) in [5.41, 5.74) is 2.44. The third-order valence-electron chi connectivity index (χ3n) is 2.97. The number of hydrogen-bond acceptors (Lipinski definition) is 4. The molecular formula is C14H16BrN3O2S. The number of nitrogens with zero attached hydrogens (tertiary/aromatic N) is 1. The van der Waals surface area contributed by atoms with E-state index in [0.717, 1.165) is 11.1 Å². The molecule has 1 aromatic carbocycles. The van der Waals surface area contributed by atoms with Gasteiger partial charge in [0.25, 0.3) is 10.0 Å². The summed E-state index contributed by atoms with van der Waals surface area (Å²) in [5.74, 6) is 0.311. The summed E-state index contributed by atoms with van der Waals surface area (Å²) in [6, 6.07) is 6.89.